The van der Waals surface area contributed by atoms with Gasteiger partial charge in [-0.15, -0.1) is 0 Å². The third kappa shape index (κ3) is 3.37. The lowest BCUT2D eigenvalue weighted by atomic mass is 10.3. The van der Waals surface area contributed by atoms with Crippen LogP contribution in [0.3, 0.4) is 0 Å². The van der Waals surface area contributed by atoms with E-state index in [4.69, 9.17) is 10.3 Å². The number of nitrogens with zero attached hydrogens (tertiary/aromatic N) is 4. The lowest BCUT2D eigenvalue weighted by Gasteiger charge is -2.04. The van der Waals surface area contributed by atoms with E-state index in [0.29, 0.717) is 30.5 Å². The van der Waals surface area contributed by atoms with E-state index in [2.05, 4.69) is 20.4 Å². The smallest absolute Gasteiger partial charge is 0.276 e. The number of aryl methyl sites for hydroxylation is 1. The number of nitro groups is 1. The molecule has 0 bridgehead atoms. The summed E-state index contributed by atoms with van der Waals surface area (Å²) in [5, 5.41) is 17.3. The zero-order valence-corrected chi connectivity index (χ0v) is 10.2. The van der Waals surface area contributed by atoms with Gasteiger partial charge in [0.1, 0.15) is 11.6 Å². The summed E-state index contributed by atoms with van der Waals surface area (Å²) in [5.41, 5.74) is 5.38. The summed E-state index contributed by atoms with van der Waals surface area (Å²) in [7, 11) is 0. The molecule has 0 amide bonds. The van der Waals surface area contributed by atoms with Crippen molar-refractivity contribution in [3.05, 3.63) is 34.0 Å². The van der Waals surface area contributed by atoms with Crippen molar-refractivity contribution in [2.45, 2.75) is 13.3 Å². The molecule has 2 aromatic rings. The SMILES string of the molecule is Cc1nc(CCNc2cc([N+](=O)[O-])cc(N)n2)no1. The van der Waals surface area contributed by atoms with Gasteiger partial charge >= 0.3 is 0 Å². The number of nitrogens with one attached hydrogen (secondary N) is 1. The summed E-state index contributed by atoms with van der Waals surface area (Å²) in [4.78, 5) is 18.1. The maximum absolute atomic E-state index is 10.7. The molecule has 2 heterocycles. The maximum Gasteiger partial charge on any atom is 0.276 e. The monoisotopic (exact) mass is 264 g/mol. The van der Waals surface area contributed by atoms with Gasteiger partial charge in [0, 0.05) is 19.9 Å². The van der Waals surface area contributed by atoms with Crippen molar-refractivity contribution in [2.75, 3.05) is 17.6 Å². The van der Waals surface area contributed by atoms with Gasteiger partial charge in [-0.3, -0.25) is 10.1 Å². The highest BCUT2D eigenvalue weighted by Gasteiger charge is 2.09. The molecular weight excluding hydrogens is 252 g/mol. The quantitative estimate of drug-likeness (QED) is 0.601. The van der Waals surface area contributed by atoms with Crippen molar-refractivity contribution in [2.24, 2.45) is 0 Å². The molecule has 0 atom stereocenters. The van der Waals surface area contributed by atoms with Gasteiger partial charge in [0.05, 0.1) is 17.1 Å². The average molecular weight is 264 g/mol. The second-order valence-electron chi connectivity index (χ2n) is 3.80. The highest BCUT2D eigenvalue weighted by Crippen LogP contribution is 2.18. The molecule has 0 aliphatic heterocycles. The molecule has 0 saturated carbocycles. The maximum atomic E-state index is 10.7. The number of aromatic nitrogens is 3. The largest absolute Gasteiger partial charge is 0.383 e. The number of rotatable bonds is 5. The Morgan fingerprint density at radius 2 is 2.26 bits per heavy atom. The summed E-state index contributed by atoms with van der Waals surface area (Å²) in [6, 6.07) is 2.52. The van der Waals surface area contributed by atoms with E-state index in [9.17, 15) is 10.1 Å². The molecule has 0 aliphatic rings. The fourth-order valence-corrected chi connectivity index (χ4v) is 1.48. The summed E-state index contributed by atoms with van der Waals surface area (Å²) < 4.78 is 4.82. The Kier molecular flexibility index (Phi) is 3.55. The van der Waals surface area contributed by atoms with Gasteiger partial charge in [0.25, 0.3) is 5.69 Å². The fourth-order valence-electron chi connectivity index (χ4n) is 1.48. The standard InChI is InChI=1S/C10H12N6O3/c1-6-13-9(15-19-6)2-3-12-10-5-7(16(17)18)4-8(11)14-10/h4-5H,2-3H2,1H3,(H3,11,12,14). The predicted octanol–water partition coefficient (Wildman–Crippen LogP) is 0.918. The van der Waals surface area contributed by atoms with Gasteiger partial charge in [-0.25, -0.2) is 4.98 Å². The van der Waals surface area contributed by atoms with Gasteiger partial charge in [0.15, 0.2) is 5.82 Å². The first-order valence-electron chi connectivity index (χ1n) is 5.49. The minimum Gasteiger partial charge on any atom is -0.383 e. The number of hydrogen-bond acceptors (Lipinski definition) is 8. The zero-order valence-electron chi connectivity index (χ0n) is 10.2. The van der Waals surface area contributed by atoms with Crippen LogP contribution in [0.15, 0.2) is 16.7 Å². The van der Waals surface area contributed by atoms with Crippen LogP contribution in [0.2, 0.25) is 0 Å². The predicted molar refractivity (Wildman–Crippen MR) is 66.5 cm³/mol. The molecule has 19 heavy (non-hydrogen) atoms. The minimum absolute atomic E-state index is 0.0899. The third-order valence-electron chi connectivity index (χ3n) is 2.27. The Morgan fingerprint density at radius 3 is 2.89 bits per heavy atom. The van der Waals surface area contributed by atoms with E-state index in [0.717, 1.165) is 0 Å². The topological polar surface area (TPSA) is 133 Å². The first-order chi connectivity index (χ1) is 9.04. The van der Waals surface area contributed by atoms with Crippen LogP contribution in [0.5, 0.6) is 0 Å². The molecule has 100 valence electrons. The molecule has 9 heteroatoms. The second kappa shape index (κ2) is 5.29. The summed E-state index contributed by atoms with van der Waals surface area (Å²) in [6.45, 7) is 2.17. The number of hydrogen-bond donors (Lipinski definition) is 2. The zero-order chi connectivity index (χ0) is 13.8. The van der Waals surface area contributed by atoms with Crippen molar-refractivity contribution < 1.29 is 9.45 Å². The number of nitrogens with two attached hydrogens (primary N) is 1. The lowest BCUT2D eigenvalue weighted by molar-refractivity contribution is -0.384. The van der Waals surface area contributed by atoms with Gasteiger partial charge in [0.2, 0.25) is 5.89 Å². The highest BCUT2D eigenvalue weighted by atomic mass is 16.6. The van der Waals surface area contributed by atoms with Crippen LogP contribution in [0, 0.1) is 17.0 Å². The molecule has 0 aliphatic carbocycles. The molecule has 0 unspecified atom stereocenters. The van der Waals surface area contributed by atoms with E-state index >= 15 is 0 Å². The normalized spacial score (nSPS) is 10.4. The highest BCUT2D eigenvalue weighted by molar-refractivity contribution is 5.52. The third-order valence-corrected chi connectivity index (χ3v) is 2.27. The molecule has 9 nitrogen and oxygen atoms in total. The number of anilines is 2. The Morgan fingerprint density at radius 1 is 1.47 bits per heavy atom. The first-order valence-corrected chi connectivity index (χ1v) is 5.49. The molecule has 2 rings (SSSR count). The first kappa shape index (κ1) is 12.7. The van der Waals surface area contributed by atoms with Crippen LogP contribution >= 0.6 is 0 Å². The van der Waals surface area contributed by atoms with Crippen LogP contribution in [-0.2, 0) is 6.42 Å². The molecule has 2 aromatic heterocycles. The second-order valence-corrected chi connectivity index (χ2v) is 3.80. The van der Waals surface area contributed by atoms with Crippen molar-refractivity contribution in [3.63, 3.8) is 0 Å². The molecule has 0 spiro atoms. The van der Waals surface area contributed by atoms with E-state index < -0.39 is 4.92 Å². The Hall–Kier alpha value is -2.71. The molecule has 3 N–H and O–H groups in total. The fraction of sp³-hybridized carbons (Fsp3) is 0.300. The van der Waals surface area contributed by atoms with Crippen molar-refractivity contribution in [1.82, 2.24) is 15.1 Å². The average Bonchev–Trinajstić information content (AvgIpc) is 2.74. The molecule has 0 aromatic carbocycles. The van der Waals surface area contributed by atoms with E-state index in [-0.39, 0.29) is 11.5 Å². The van der Waals surface area contributed by atoms with Gasteiger partial charge in [-0.05, 0) is 0 Å². The summed E-state index contributed by atoms with van der Waals surface area (Å²) in [5.74, 6) is 1.48. The van der Waals surface area contributed by atoms with Crippen molar-refractivity contribution in [1.29, 1.82) is 0 Å². The Balaban J connectivity index is 1.97. The van der Waals surface area contributed by atoms with Crippen LogP contribution in [-0.4, -0.2) is 26.6 Å². The minimum atomic E-state index is -0.522. The molecule has 0 radical (unpaired) electrons. The Bertz CT molecular complexity index is 597. The van der Waals surface area contributed by atoms with Crippen molar-refractivity contribution in [3.8, 4) is 0 Å². The van der Waals surface area contributed by atoms with Gasteiger partial charge < -0.3 is 15.6 Å². The van der Waals surface area contributed by atoms with Gasteiger partial charge in [-0.2, -0.15) is 4.98 Å². The number of pyridine rings is 1. The van der Waals surface area contributed by atoms with Crippen LogP contribution in [0.25, 0.3) is 0 Å². The van der Waals surface area contributed by atoms with E-state index in [1.165, 1.54) is 12.1 Å². The number of nitrogen functional groups attached to an aromatic ring is 1. The van der Waals surface area contributed by atoms with Crippen LogP contribution in [0.4, 0.5) is 17.3 Å². The van der Waals surface area contributed by atoms with E-state index in [1.807, 2.05) is 0 Å². The summed E-state index contributed by atoms with van der Waals surface area (Å²) in [6.07, 6.45) is 0.515. The van der Waals surface area contributed by atoms with Crippen LogP contribution in [0.1, 0.15) is 11.7 Å². The molecule has 0 saturated heterocycles. The van der Waals surface area contributed by atoms with Gasteiger partial charge in [-0.1, -0.05) is 5.16 Å². The van der Waals surface area contributed by atoms with Crippen LogP contribution < -0.4 is 11.1 Å². The van der Waals surface area contributed by atoms with E-state index in [1.54, 1.807) is 6.92 Å². The Labute approximate surface area is 108 Å². The molecular formula is C10H12N6O3. The lowest BCUT2D eigenvalue weighted by Crippen LogP contribution is -2.08. The molecule has 0 fully saturated rings. The summed E-state index contributed by atoms with van der Waals surface area (Å²) >= 11 is 0. The van der Waals surface area contributed by atoms with Crippen molar-refractivity contribution >= 4 is 17.3 Å².